The van der Waals surface area contributed by atoms with Gasteiger partial charge in [-0.15, -0.1) is 0 Å². The Morgan fingerprint density at radius 3 is 2.35 bits per heavy atom. The summed E-state index contributed by atoms with van der Waals surface area (Å²) in [6, 6.07) is 16.3. The van der Waals surface area contributed by atoms with Crippen molar-refractivity contribution in [1.29, 1.82) is 0 Å². The van der Waals surface area contributed by atoms with Crippen molar-refractivity contribution in [2.24, 2.45) is 9.98 Å². The van der Waals surface area contributed by atoms with Gasteiger partial charge >= 0.3 is 0 Å². The van der Waals surface area contributed by atoms with Gasteiger partial charge in [0.2, 0.25) is 5.90 Å². The van der Waals surface area contributed by atoms with Gasteiger partial charge in [-0.05, 0) is 35.4 Å². The third kappa shape index (κ3) is 4.25. The summed E-state index contributed by atoms with van der Waals surface area (Å²) >= 11 is 1.48. The molecule has 2 heterocycles. The second-order valence-corrected chi connectivity index (χ2v) is 8.40. The van der Waals surface area contributed by atoms with E-state index in [0.717, 1.165) is 11.1 Å². The van der Waals surface area contributed by atoms with Crippen molar-refractivity contribution < 1.29 is 14.3 Å². The van der Waals surface area contributed by atoms with E-state index in [2.05, 4.69) is 15.3 Å². The lowest BCUT2D eigenvalue weighted by Crippen LogP contribution is -2.31. The predicted molar refractivity (Wildman–Crippen MR) is 123 cm³/mol. The van der Waals surface area contributed by atoms with Crippen LogP contribution in [0.1, 0.15) is 26.3 Å². The summed E-state index contributed by atoms with van der Waals surface area (Å²) in [4.78, 5) is 35.4. The Morgan fingerprint density at radius 2 is 1.71 bits per heavy atom. The zero-order valence-electron chi connectivity index (χ0n) is 17.4. The Balaban J connectivity index is 1.51. The van der Waals surface area contributed by atoms with Crippen molar-refractivity contribution >= 4 is 40.2 Å². The maximum atomic E-state index is 12.7. The van der Waals surface area contributed by atoms with E-state index in [9.17, 15) is 9.59 Å². The van der Waals surface area contributed by atoms with Gasteiger partial charge in [-0.25, -0.2) is 9.98 Å². The van der Waals surface area contributed by atoms with Crippen LogP contribution in [0.2, 0.25) is 0 Å². The molecule has 0 fully saturated rings. The zero-order chi connectivity index (χ0) is 22.0. The van der Waals surface area contributed by atoms with Crippen LogP contribution in [0.25, 0.3) is 5.57 Å². The zero-order valence-corrected chi connectivity index (χ0v) is 18.2. The van der Waals surface area contributed by atoms with Crippen molar-refractivity contribution in [2.45, 2.75) is 11.3 Å². The molecule has 1 N–H and O–H groups in total. The highest BCUT2D eigenvalue weighted by Gasteiger charge is 2.40. The molecular formula is C23H22N4O3S. The van der Waals surface area contributed by atoms with Crippen molar-refractivity contribution in [3.05, 3.63) is 77.5 Å². The first kappa shape index (κ1) is 20.9. The predicted octanol–water partition coefficient (Wildman–Crippen LogP) is 3.06. The van der Waals surface area contributed by atoms with Gasteiger partial charge in [-0.1, -0.05) is 42.1 Å². The topological polar surface area (TPSA) is 83.4 Å². The van der Waals surface area contributed by atoms with Crippen molar-refractivity contribution in [3.63, 3.8) is 0 Å². The van der Waals surface area contributed by atoms with Crippen LogP contribution in [-0.2, 0) is 4.74 Å². The first-order valence-corrected chi connectivity index (χ1v) is 10.6. The van der Waals surface area contributed by atoms with Crippen molar-refractivity contribution in [3.8, 4) is 0 Å². The number of amidine groups is 1. The van der Waals surface area contributed by atoms with Gasteiger partial charge < -0.3 is 15.0 Å². The number of hydrogen-bond donors (Lipinski definition) is 1. The van der Waals surface area contributed by atoms with Gasteiger partial charge in [0.15, 0.2) is 5.17 Å². The Morgan fingerprint density at radius 1 is 1.03 bits per heavy atom. The Labute approximate surface area is 184 Å². The van der Waals surface area contributed by atoms with Gasteiger partial charge in [-0.3, -0.25) is 9.59 Å². The van der Waals surface area contributed by atoms with Crippen LogP contribution >= 0.6 is 11.8 Å². The monoisotopic (exact) mass is 434 g/mol. The highest BCUT2D eigenvalue weighted by molar-refractivity contribution is 8.15. The third-order valence-corrected chi connectivity index (χ3v) is 6.21. The highest BCUT2D eigenvalue weighted by Crippen LogP contribution is 2.39. The van der Waals surface area contributed by atoms with Crippen LogP contribution in [0.5, 0.6) is 0 Å². The summed E-state index contributed by atoms with van der Waals surface area (Å²) in [6.45, 7) is 0. The molecule has 0 bridgehead atoms. The quantitative estimate of drug-likeness (QED) is 0.805. The van der Waals surface area contributed by atoms with Crippen LogP contribution in [0.15, 0.2) is 70.8 Å². The fourth-order valence-corrected chi connectivity index (χ4v) is 4.60. The molecule has 2 aliphatic rings. The minimum absolute atomic E-state index is 0.0368. The minimum atomic E-state index is -0.300. The van der Waals surface area contributed by atoms with Crippen LogP contribution in [0, 0.1) is 0 Å². The van der Waals surface area contributed by atoms with E-state index in [4.69, 9.17) is 4.74 Å². The molecule has 2 aromatic carbocycles. The summed E-state index contributed by atoms with van der Waals surface area (Å²) in [5.74, 6) is 0.126. The van der Waals surface area contributed by atoms with E-state index in [1.807, 2.05) is 36.5 Å². The number of carbonyl (C=O) groups excluding carboxylic acids is 2. The lowest BCUT2D eigenvalue weighted by atomic mass is 9.97. The number of hydrogen-bond acceptors (Lipinski definition) is 6. The lowest BCUT2D eigenvalue weighted by Gasteiger charge is -2.24. The van der Waals surface area contributed by atoms with E-state index in [0.29, 0.717) is 22.2 Å². The number of thioether (sulfide) groups is 1. The molecule has 2 aliphatic heterocycles. The molecule has 2 atom stereocenters. The Hall–Kier alpha value is -3.39. The molecule has 0 saturated heterocycles. The molecule has 8 heteroatoms. The average molecular weight is 435 g/mol. The first-order chi connectivity index (χ1) is 15.0. The van der Waals surface area contributed by atoms with E-state index in [1.165, 1.54) is 16.7 Å². The maximum Gasteiger partial charge on any atom is 0.257 e. The number of rotatable bonds is 3. The number of methoxy groups -OCH3 is 1. The first-order valence-electron chi connectivity index (χ1n) is 9.72. The number of fused-ring (bicyclic) bond motifs is 1. The molecule has 7 nitrogen and oxygen atoms in total. The van der Waals surface area contributed by atoms with Gasteiger partial charge in [-0.2, -0.15) is 0 Å². The van der Waals surface area contributed by atoms with Gasteiger partial charge in [0.05, 0.1) is 12.4 Å². The molecule has 4 rings (SSSR count). The van der Waals surface area contributed by atoms with Crippen LogP contribution in [-0.4, -0.2) is 60.3 Å². The second kappa shape index (κ2) is 8.77. The largest absolute Gasteiger partial charge is 0.482 e. The lowest BCUT2D eigenvalue weighted by molar-refractivity contribution is 0.0826. The molecule has 158 valence electrons. The van der Waals surface area contributed by atoms with E-state index in [1.54, 1.807) is 45.5 Å². The third-order valence-electron chi connectivity index (χ3n) is 5.01. The second-order valence-electron chi connectivity index (χ2n) is 7.27. The highest BCUT2D eigenvalue weighted by atomic mass is 32.2. The molecule has 0 aliphatic carbocycles. The smallest absolute Gasteiger partial charge is 0.257 e. The van der Waals surface area contributed by atoms with E-state index < -0.39 is 0 Å². The van der Waals surface area contributed by atoms with Crippen LogP contribution < -0.4 is 5.32 Å². The van der Waals surface area contributed by atoms with E-state index in [-0.39, 0.29) is 23.1 Å². The molecular weight excluding hydrogens is 412 g/mol. The Bertz CT molecular complexity index is 1090. The number of amides is 2. The molecule has 0 aromatic heterocycles. The number of benzene rings is 2. The number of nitrogens with one attached hydrogen (secondary N) is 1. The van der Waals surface area contributed by atoms with Gasteiger partial charge in [0.25, 0.3) is 11.8 Å². The molecule has 2 aromatic rings. The standard InChI is InChI=1S/C23H22N4O3S/c1-27(2)22(29)16-11-9-15(10-12-16)20(28)26-23-25-18-19(31-23)17(13-24-21(18)30-3)14-7-5-4-6-8-14/h4-13,18-19H,1-3H3,(H,25,26,28). The molecule has 2 amide bonds. The van der Waals surface area contributed by atoms with Gasteiger partial charge in [0.1, 0.15) is 6.04 Å². The molecule has 31 heavy (non-hydrogen) atoms. The Kier molecular flexibility index (Phi) is 5.90. The average Bonchev–Trinajstić information content (AvgIpc) is 3.22. The summed E-state index contributed by atoms with van der Waals surface area (Å²) in [5.41, 5.74) is 3.08. The fourth-order valence-electron chi connectivity index (χ4n) is 3.41. The maximum absolute atomic E-state index is 12.7. The molecule has 0 radical (unpaired) electrons. The van der Waals surface area contributed by atoms with Crippen LogP contribution in [0.4, 0.5) is 0 Å². The molecule has 2 unspecified atom stereocenters. The number of carbonyl (C=O) groups is 2. The number of nitrogens with zero attached hydrogens (tertiary/aromatic N) is 3. The van der Waals surface area contributed by atoms with Gasteiger partial charge in [0, 0.05) is 31.4 Å². The van der Waals surface area contributed by atoms with E-state index >= 15 is 0 Å². The van der Waals surface area contributed by atoms with Crippen LogP contribution in [0.3, 0.4) is 0 Å². The fraction of sp³-hybridized carbons (Fsp3) is 0.217. The summed E-state index contributed by atoms with van der Waals surface area (Å²) in [5, 5.41) is 3.36. The molecule has 0 spiro atoms. The summed E-state index contributed by atoms with van der Waals surface area (Å²) < 4.78 is 5.42. The minimum Gasteiger partial charge on any atom is -0.482 e. The number of ether oxygens (including phenoxy) is 1. The van der Waals surface area contributed by atoms with Crippen molar-refractivity contribution in [2.75, 3.05) is 21.2 Å². The summed E-state index contributed by atoms with van der Waals surface area (Å²) in [7, 11) is 4.95. The SMILES string of the molecule is COC1=NC=C(c2ccccc2)C2SC(NC(=O)c3ccc(C(=O)N(C)C)cc3)=NC12. The van der Waals surface area contributed by atoms with Crippen molar-refractivity contribution in [1.82, 2.24) is 10.2 Å². The summed E-state index contributed by atoms with van der Waals surface area (Å²) in [6.07, 6.45) is 1.81. The number of aliphatic imine (C=N–C) groups is 2. The molecule has 0 saturated carbocycles. The normalized spacial score (nSPS) is 19.5.